The second-order valence-corrected chi connectivity index (χ2v) is 6.82. The molecular weight excluding hydrogens is 308 g/mol. The first-order chi connectivity index (χ1) is 9.58. The molecule has 0 saturated carbocycles. The summed E-state index contributed by atoms with van der Waals surface area (Å²) in [5.41, 5.74) is 9.20. The van der Waals surface area contributed by atoms with Crippen LogP contribution in [0.15, 0.2) is 29.6 Å². The number of halogens is 1. The Bertz CT molecular complexity index is 666. The van der Waals surface area contributed by atoms with Gasteiger partial charge in [0, 0.05) is 27.7 Å². The predicted molar refractivity (Wildman–Crippen MR) is 91.1 cm³/mol. The zero-order chi connectivity index (χ0) is 14.3. The number of benzene rings is 1. The van der Waals surface area contributed by atoms with Gasteiger partial charge in [0.1, 0.15) is 4.99 Å². The molecule has 104 valence electrons. The van der Waals surface area contributed by atoms with E-state index in [1.54, 1.807) is 0 Å². The molecule has 1 aromatic heterocycles. The number of nitrogens with zero attached hydrogens (tertiary/aromatic N) is 1. The minimum absolute atomic E-state index is 0.333. The van der Waals surface area contributed by atoms with Crippen LogP contribution in [0.1, 0.15) is 29.0 Å². The summed E-state index contributed by atoms with van der Waals surface area (Å²) in [5, 5.41) is 2.83. The highest BCUT2D eigenvalue weighted by atomic mass is 35.5. The molecule has 0 fully saturated rings. The first-order valence-electron chi connectivity index (χ1n) is 6.50. The summed E-state index contributed by atoms with van der Waals surface area (Å²) in [4.78, 5) is 4.24. The van der Waals surface area contributed by atoms with Gasteiger partial charge in [-0.1, -0.05) is 23.8 Å². The fourth-order valence-electron chi connectivity index (χ4n) is 2.79. The van der Waals surface area contributed by atoms with Gasteiger partial charge in [-0.2, -0.15) is 0 Å². The van der Waals surface area contributed by atoms with Crippen molar-refractivity contribution in [1.29, 1.82) is 0 Å². The van der Waals surface area contributed by atoms with E-state index in [1.165, 1.54) is 10.4 Å². The SMILES string of the molecule is CC1c2ccsc2CCN1c1ccc(Cl)cc1C(N)=S. The number of fused-ring (bicyclic) bond motifs is 1. The van der Waals surface area contributed by atoms with Crippen LogP contribution < -0.4 is 10.6 Å². The average Bonchev–Trinajstić information content (AvgIpc) is 2.89. The van der Waals surface area contributed by atoms with E-state index in [0.29, 0.717) is 16.1 Å². The van der Waals surface area contributed by atoms with Gasteiger partial charge in [-0.3, -0.25) is 0 Å². The quantitative estimate of drug-likeness (QED) is 0.842. The molecule has 1 aromatic carbocycles. The Labute approximate surface area is 133 Å². The fourth-order valence-corrected chi connectivity index (χ4v) is 4.09. The second-order valence-electron chi connectivity index (χ2n) is 4.94. The standard InChI is InChI=1S/C15H15ClN2S2/c1-9-11-5-7-20-14(11)4-6-18(9)13-3-2-10(16)8-12(13)15(17)19/h2-3,5,7-9H,4,6H2,1H3,(H2,17,19). The summed E-state index contributed by atoms with van der Waals surface area (Å²) in [6.07, 6.45) is 1.07. The first kappa shape index (κ1) is 13.9. The monoisotopic (exact) mass is 322 g/mol. The minimum atomic E-state index is 0.333. The Kier molecular flexibility index (Phi) is 3.71. The summed E-state index contributed by atoms with van der Waals surface area (Å²) in [6.45, 7) is 3.20. The van der Waals surface area contributed by atoms with E-state index < -0.39 is 0 Å². The molecule has 0 aliphatic carbocycles. The van der Waals surface area contributed by atoms with Gasteiger partial charge in [-0.05, 0) is 48.6 Å². The van der Waals surface area contributed by atoms with Crippen LogP contribution in [0.25, 0.3) is 0 Å². The molecule has 1 aliphatic rings. The van der Waals surface area contributed by atoms with E-state index in [-0.39, 0.29) is 0 Å². The van der Waals surface area contributed by atoms with Gasteiger partial charge in [0.2, 0.25) is 0 Å². The van der Waals surface area contributed by atoms with Crippen molar-refractivity contribution in [2.24, 2.45) is 5.73 Å². The normalized spacial score (nSPS) is 17.9. The number of hydrogen-bond donors (Lipinski definition) is 1. The highest BCUT2D eigenvalue weighted by Gasteiger charge is 2.26. The van der Waals surface area contributed by atoms with E-state index in [0.717, 1.165) is 24.2 Å². The van der Waals surface area contributed by atoms with Crippen LogP contribution >= 0.6 is 35.2 Å². The Morgan fingerprint density at radius 3 is 3.00 bits per heavy atom. The van der Waals surface area contributed by atoms with Gasteiger partial charge in [0.15, 0.2) is 0 Å². The molecule has 1 unspecified atom stereocenters. The summed E-state index contributed by atoms with van der Waals surface area (Å²) in [5.74, 6) is 0. The molecule has 0 bridgehead atoms. The fraction of sp³-hybridized carbons (Fsp3) is 0.267. The maximum Gasteiger partial charge on any atom is 0.106 e. The van der Waals surface area contributed by atoms with Crippen LogP contribution in [0.2, 0.25) is 5.02 Å². The van der Waals surface area contributed by atoms with Gasteiger partial charge >= 0.3 is 0 Å². The number of rotatable bonds is 2. The third-order valence-electron chi connectivity index (χ3n) is 3.81. The Morgan fingerprint density at radius 1 is 1.45 bits per heavy atom. The zero-order valence-corrected chi connectivity index (χ0v) is 13.5. The average molecular weight is 323 g/mol. The molecule has 0 amide bonds. The summed E-state index contributed by atoms with van der Waals surface area (Å²) in [7, 11) is 0. The van der Waals surface area contributed by atoms with Crippen molar-refractivity contribution in [1.82, 2.24) is 0 Å². The third kappa shape index (κ3) is 2.32. The lowest BCUT2D eigenvalue weighted by Crippen LogP contribution is -2.34. The lowest BCUT2D eigenvalue weighted by atomic mass is 9.99. The maximum absolute atomic E-state index is 6.07. The molecule has 0 spiro atoms. The van der Waals surface area contributed by atoms with Crippen molar-refractivity contribution in [2.75, 3.05) is 11.4 Å². The topological polar surface area (TPSA) is 29.3 Å². The van der Waals surface area contributed by atoms with Crippen molar-refractivity contribution >= 4 is 45.8 Å². The second kappa shape index (κ2) is 5.35. The molecule has 20 heavy (non-hydrogen) atoms. The summed E-state index contributed by atoms with van der Waals surface area (Å²) < 4.78 is 0. The smallest absolute Gasteiger partial charge is 0.106 e. The Balaban J connectivity index is 2.04. The van der Waals surface area contributed by atoms with Gasteiger partial charge in [-0.25, -0.2) is 0 Å². The van der Waals surface area contributed by atoms with Crippen LogP contribution in [0, 0.1) is 0 Å². The van der Waals surface area contributed by atoms with Crippen molar-refractivity contribution in [3.63, 3.8) is 0 Å². The molecule has 2 aromatic rings. The largest absolute Gasteiger partial charge is 0.389 e. The summed E-state index contributed by atoms with van der Waals surface area (Å²) in [6, 6.07) is 8.32. The van der Waals surface area contributed by atoms with Crippen LogP contribution in [-0.2, 0) is 6.42 Å². The third-order valence-corrected chi connectivity index (χ3v) is 5.26. The Hall–Kier alpha value is -1.10. The number of nitrogens with two attached hydrogens (primary N) is 1. The van der Waals surface area contributed by atoms with Crippen LogP contribution in [0.5, 0.6) is 0 Å². The molecule has 2 nitrogen and oxygen atoms in total. The van der Waals surface area contributed by atoms with E-state index in [1.807, 2.05) is 29.5 Å². The molecule has 2 heterocycles. The van der Waals surface area contributed by atoms with Crippen molar-refractivity contribution < 1.29 is 0 Å². The first-order valence-corrected chi connectivity index (χ1v) is 8.17. The molecule has 1 aliphatic heterocycles. The molecule has 5 heteroatoms. The van der Waals surface area contributed by atoms with E-state index >= 15 is 0 Å². The van der Waals surface area contributed by atoms with Gasteiger partial charge in [0.05, 0.1) is 6.04 Å². The van der Waals surface area contributed by atoms with Gasteiger partial charge in [0.25, 0.3) is 0 Å². The van der Waals surface area contributed by atoms with Crippen LogP contribution in [-0.4, -0.2) is 11.5 Å². The number of anilines is 1. The predicted octanol–water partition coefficient (Wildman–Crippen LogP) is 4.16. The molecular formula is C15H15ClN2S2. The van der Waals surface area contributed by atoms with E-state index in [2.05, 4.69) is 23.3 Å². The number of thiocarbonyl (C=S) groups is 1. The van der Waals surface area contributed by atoms with Gasteiger partial charge < -0.3 is 10.6 Å². The van der Waals surface area contributed by atoms with Crippen LogP contribution in [0.3, 0.4) is 0 Å². The van der Waals surface area contributed by atoms with Crippen molar-refractivity contribution in [3.05, 3.63) is 50.7 Å². The maximum atomic E-state index is 6.07. The molecule has 0 radical (unpaired) electrons. The summed E-state index contributed by atoms with van der Waals surface area (Å²) >= 11 is 13.1. The number of hydrogen-bond acceptors (Lipinski definition) is 3. The van der Waals surface area contributed by atoms with Gasteiger partial charge in [-0.15, -0.1) is 11.3 Å². The van der Waals surface area contributed by atoms with E-state index in [4.69, 9.17) is 29.6 Å². The highest BCUT2D eigenvalue weighted by molar-refractivity contribution is 7.80. The zero-order valence-electron chi connectivity index (χ0n) is 11.1. The lowest BCUT2D eigenvalue weighted by Gasteiger charge is -2.36. The molecule has 0 saturated heterocycles. The molecule has 3 rings (SSSR count). The molecule has 2 N–H and O–H groups in total. The highest BCUT2D eigenvalue weighted by Crippen LogP contribution is 2.37. The van der Waals surface area contributed by atoms with E-state index in [9.17, 15) is 0 Å². The van der Waals surface area contributed by atoms with Crippen molar-refractivity contribution in [2.45, 2.75) is 19.4 Å². The van der Waals surface area contributed by atoms with Crippen molar-refractivity contribution in [3.8, 4) is 0 Å². The Morgan fingerprint density at radius 2 is 2.25 bits per heavy atom. The lowest BCUT2D eigenvalue weighted by molar-refractivity contribution is 0.632. The van der Waals surface area contributed by atoms with Crippen LogP contribution in [0.4, 0.5) is 5.69 Å². The minimum Gasteiger partial charge on any atom is -0.389 e. The molecule has 1 atom stereocenters. The number of thiophene rings is 1.